The van der Waals surface area contributed by atoms with Crippen LogP contribution in [0.2, 0.25) is 0 Å². The number of aromatic nitrogens is 1. The van der Waals surface area contributed by atoms with Crippen molar-refractivity contribution in [2.75, 3.05) is 5.32 Å². The molecule has 1 aromatic heterocycles. The van der Waals surface area contributed by atoms with Crippen molar-refractivity contribution >= 4 is 11.6 Å². The van der Waals surface area contributed by atoms with Crippen molar-refractivity contribution < 1.29 is 9.18 Å². The molecule has 2 aliphatic rings. The van der Waals surface area contributed by atoms with Gasteiger partial charge in [-0.25, -0.2) is 4.98 Å². The van der Waals surface area contributed by atoms with Crippen LogP contribution in [0.4, 0.5) is 10.1 Å². The molecular formula is C16H21FN2O. The monoisotopic (exact) mass is 276 g/mol. The van der Waals surface area contributed by atoms with Crippen molar-refractivity contribution in [1.82, 2.24) is 4.98 Å². The number of anilines is 1. The van der Waals surface area contributed by atoms with Crippen molar-refractivity contribution in [3.05, 3.63) is 24.3 Å². The maximum absolute atomic E-state index is 12.7. The van der Waals surface area contributed by atoms with Gasteiger partial charge in [0.1, 0.15) is 0 Å². The number of fused-ring (bicyclic) bond motifs is 1. The van der Waals surface area contributed by atoms with Crippen molar-refractivity contribution in [2.45, 2.75) is 44.9 Å². The Bertz CT molecular complexity index is 474. The fourth-order valence-electron chi connectivity index (χ4n) is 3.81. The lowest BCUT2D eigenvalue weighted by molar-refractivity contribution is -0.122. The highest BCUT2D eigenvalue weighted by atomic mass is 19.1. The van der Waals surface area contributed by atoms with Crippen LogP contribution in [0.1, 0.15) is 44.9 Å². The van der Waals surface area contributed by atoms with Gasteiger partial charge in [-0.05, 0) is 43.2 Å². The van der Waals surface area contributed by atoms with Crippen LogP contribution in [0.25, 0.3) is 0 Å². The number of pyridine rings is 1. The Kier molecular flexibility index (Phi) is 3.99. The van der Waals surface area contributed by atoms with E-state index in [1.54, 1.807) is 6.07 Å². The van der Waals surface area contributed by atoms with Gasteiger partial charge in [0.05, 0.1) is 11.9 Å². The minimum Gasteiger partial charge on any atom is -0.324 e. The van der Waals surface area contributed by atoms with Gasteiger partial charge in [0.2, 0.25) is 11.9 Å². The summed E-state index contributed by atoms with van der Waals surface area (Å²) in [5.41, 5.74) is 0.585. The summed E-state index contributed by atoms with van der Waals surface area (Å²) in [6.45, 7) is 0. The Morgan fingerprint density at radius 1 is 1.15 bits per heavy atom. The van der Waals surface area contributed by atoms with Crippen LogP contribution in [0.5, 0.6) is 0 Å². The Hall–Kier alpha value is -1.45. The molecule has 3 unspecified atom stereocenters. The van der Waals surface area contributed by atoms with Gasteiger partial charge in [-0.3, -0.25) is 4.79 Å². The second kappa shape index (κ2) is 5.90. The third kappa shape index (κ3) is 3.00. The second-order valence-corrected chi connectivity index (χ2v) is 6.17. The zero-order valence-corrected chi connectivity index (χ0v) is 11.6. The molecule has 1 N–H and O–H groups in total. The van der Waals surface area contributed by atoms with Crippen LogP contribution in [0.3, 0.4) is 0 Å². The molecule has 108 valence electrons. The van der Waals surface area contributed by atoms with E-state index >= 15 is 0 Å². The van der Waals surface area contributed by atoms with E-state index in [0.29, 0.717) is 5.69 Å². The quantitative estimate of drug-likeness (QED) is 0.835. The zero-order valence-electron chi connectivity index (χ0n) is 11.6. The molecule has 3 rings (SSSR count). The molecule has 2 saturated carbocycles. The van der Waals surface area contributed by atoms with Gasteiger partial charge in [-0.15, -0.1) is 0 Å². The largest absolute Gasteiger partial charge is 0.324 e. The lowest BCUT2D eigenvalue weighted by Crippen LogP contribution is -2.33. The Balaban J connectivity index is 1.58. The van der Waals surface area contributed by atoms with Crippen LogP contribution in [0.15, 0.2) is 18.3 Å². The van der Waals surface area contributed by atoms with Crippen molar-refractivity contribution in [2.24, 2.45) is 17.8 Å². The summed E-state index contributed by atoms with van der Waals surface area (Å²) in [7, 11) is 0. The number of carbonyl (C=O) groups is 1. The zero-order chi connectivity index (χ0) is 13.9. The van der Waals surface area contributed by atoms with E-state index in [1.807, 2.05) is 0 Å². The first-order valence-corrected chi connectivity index (χ1v) is 7.65. The van der Waals surface area contributed by atoms with E-state index in [9.17, 15) is 9.18 Å². The van der Waals surface area contributed by atoms with Crippen LogP contribution < -0.4 is 5.32 Å². The lowest BCUT2D eigenvalue weighted by atomic mass is 9.67. The first-order valence-electron chi connectivity index (χ1n) is 7.65. The molecule has 0 aliphatic heterocycles. The number of amides is 1. The summed E-state index contributed by atoms with van der Waals surface area (Å²) < 4.78 is 12.7. The molecule has 3 nitrogen and oxygen atoms in total. The topological polar surface area (TPSA) is 42.0 Å². The van der Waals surface area contributed by atoms with E-state index < -0.39 is 5.95 Å². The first kappa shape index (κ1) is 13.5. The van der Waals surface area contributed by atoms with E-state index in [2.05, 4.69) is 10.3 Å². The van der Waals surface area contributed by atoms with Crippen molar-refractivity contribution in [3.63, 3.8) is 0 Å². The fourth-order valence-corrected chi connectivity index (χ4v) is 3.81. The number of hydrogen-bond acceptors (Lipinski definition) is 2. The van der Waals surface area contributed by atoms with E-state index in [0.717, 1.165) is 24.7 Å². The molecule has 2 fully saturated rings. The van der Waals surface area contributed by atoms with Crippen LogP contribution in [-0.4, -0.2) is 10.9 Å². The summed E-state index contributed by atoms with van der Waals surface area (Å²) in [5.74, 6) is 1.24. The number of carbonyl (C=O) groups excluding carboxylic acids is 1. The minimum absolute atomic E-state index is 0.0717. The standard InChI is InChI=1S/C16H21FN2O/c17-15-8-7-14(10-18-15)19-16(20)13-6-5-11-3-1-2-4-12(11)9-13/h7-8,10-13H,1-6,9H2,(H,19,20). The normalized spacial score (nSPS) is 29.6. The molecule has 4 heteroatoms. The second-order valence-electron chi connectivity index (χ2n) is 6.17. The minimum atomic E-state index is -0.522. The van der Waals surface area contributed by atoms with E-state index in [1.165, 1.54) is 44.4 Å². The Morgan fingerprint density at radius 3 is 2.70 bits per heavy atom. The highest BCUT2D eigenvalue weighted by Gasteiger charge is 2.34. The van der Waals surface area contributed by atoms with Gasteiger partial charge in [0, 0.05) is 5.92 Å². The van der Waals surface area contributed by atoms with Gasteiger partial charge in [-0.1, -0.05) is 25.7 Å². The molecule has 0 spiro atoms. The summed E-state index contributed by atoms with van der Waals surface area (Å²) >= 11 is 0. The summed E-state index contributed by atoms with van der Waals surface area (Å²) in [4.78, 5) is 15.9. The Morgan fingerprint density at radius 2 is 1.95 bits per heavy atom. The number of halogens is 1. The van der Waals surface area contributed by atoms with E-state index in [4.69, 9.17) is 0 Å². The lowest BCUT2D eigenvalue weighted by Gasteiger charge is -2.38. The van der Waals surface area contributed by atoms with Crippen LogP contribution >= 0.6 is 0 Å². The fraction of sp³-hybridized carbons (Fsp3) is 0.625. The third-order valence-corrected chi connectivity index (χ3v) is 4.91. The summed E-state index contributed by atoms with van der Waals surface area (Å²) in [5, 5.41) is 2.87. The van der Waals surface area contributed by atoms with Gasteiger partial charge >= 0.3 is 0 Å². The number of rotatable bonds is 2. The smallest absolute Gasteiger partial charge is 0.227 e. The predicted molar refractivity (Wildman–Crippen MR) is 75.6 cm³/mol. The highest BCUT2D eigenvalue weighted by Crippen LogP contribution is 2.42. The molecule has 0 saturated heterocycles. The number of nitrogens with one attached hydrogen (secondary N) is 1. The maximum atomic E-state index is 12.7. The average molecular weight is 276 g/mol. The van der Waals surface area contributed by atoms with Crippen molar-refractivity contribution in [1.29, 1.82) is 0 Å². The summed E-state index contributed by atoms with van der Waals surface area (Å²) in [6, 6.07) is 2.83. The SMILES string of the molecule is O=C(Nc1ccc(F)nc1)C1CCC2CCCCC2C1. The average Bonchev–Trinajstić information content (AvgIpc) is 2.49. The molecular weight excluding hydrogens is 255 g/mol. The predicted octanol–water partition coefficient (Wildman–Crippen LogP) is 3.77. The number of hydrogen-bond donors (Lipinski definition) is 1. The highest BCUT2D eigenvalue weighted by molar-refractivity contribution is 5.92. The molecule has 20 heavy (non-hydrogen) atoms. The third-order valence-electron chi connectivity index (χ3n) is 4.91. The molecule has 0 aromatic carbocycles. The van der Waals surface area contributed by atoms with Crippen LogP contribution in [0, 0.1) is 23.7 Å². The molecule has 3 atom stereocenters. The first-order chi connectivity index (χ1) is 9.72. The van der Waals surface area contributed by atoms with Gasteiger partial charge < -0.3 is 5.32 Å². The molecule has 2 aliphatic carbocycles. The van der Waals surface area contributed by atoms with Gasteiger partial charge in [0.25, 0.3) is 0 Å². The van der Waals surface area contributed by atoms with Crippen molar-refractivity contribution in [3.8, 4) is 0 Å². The molecule has 1 amide bonds. The van der Waals surface area contributed by atoms with Gasteiger partial charge in [0.15, 0.2) is 0 Å². The molecule has 0 bridgehead atoms. The van der Waals surface area contributed by atoms with E-state index in [-0.39, 0.29) is 11.8 Å². The molecule has 1 heterocycles. The maximum Gasteiger partial charge on any atom is 0.227 e. The Labute approximate surface area is 119 Å². The summed E-state index contributed by atoms with van der Waals surface area (Å²) in [6.07, 6.45) is 9.88. The molecule has 0 radical (unpaired) electrons. The molecule has 1 aromatic rings. The number of nitrogens with zero attached hydrogens (tertiary/aromatic N) is 1. The van der Waals surface area contributed by atoms with Gasteiger partial charge in [-0.2, -0.15) is 4.39 Å². The van der Waals surface area contributed by atoms with Crippen LogP contribution in [-0.2, 0) is 4.79 Å².